The monoisotopic (exact) mass is 529 g/mol. The topological polar surface area (TPSA) is 3.24 Å². The Bertz CT molecular complexity index is 1580. The van der Waals surface area contributed by atoms with Gasteiger partial charge in [0.2, 0.25) is 0 Å². The molecule has 0 aliphatic rings. The molecule has 200 valence electrons. The molecule has 0 saturated carbocycles. The normalized spacial score (nSPS) is 11.7. The van der Waals surface area contributed by atoms with Crippen molar-refractivity contribution in [2.45, 2.75) is 26.2 Å². The van der Waals surface area contributed by atoms with Crippen LogP contribution in [0.25, 0.3) is 33.4 Å². The van der Waals surface area contributed by atoms with E-state index in [1.54, 1.807) is 0 Å². The van der Waals surface area contributed by atoms with Crippen LogP contribution in [0.15, 0.2) is 158 Å². The average molecular weight is 530 g/mol. The van der Waals surface area contributed by atoms with E-state index in [9.17, 15) is 0 Å². The van der Waals surface area contributed by atoms with E-state index in [1.807, 2.05) is 0 Å². The first-order valence-electron chi connectivity index (χ1n) is 14.5. The molecule has 0 aliphatic carbocycles. The van der Waals surface area contributed by atoms with Crippen molar-refractivity contribution in [3.05, 3.63) is 163 Å². The predicted molar refractivity (Wildman–Crippen MR) is 176 cm³/mol. The van der Waals surface area contributed by atoms with Crippen molar-refractivity contribution in [2.24, 2.45) is 0 Å². The number of hydrogen-bond donors (Lipinski definition) is 0. The third-order valence-electron chi connectivity index (χ3n) is 8.02. The average Bonchev–Trinajstić information content (AvgIpc) is 3.06. The van der Waals surface area contributed by atoms with Crippen LogP contribution in [-0.4, -0.2) is 0 Å². The van der Waals surface area contributed by atoms with Gasteiger partial charge in [0.1, 0.15) is 0 Å². The molecule has 0 aliphatic heterocycles. The Hall–Kier alpha value is -4.88. The lowest BCUT2D eigenvalue weighted by atomic mass is 9.96. The van der Waals surface area contributed by atoms with Crippen molar-refractivity contribution in [1.29, 1.82) is 0 Å². The molecule has 0 radical (unpaired) electrons. The van der Waals surface area contributed by atoms with Gasteiger partial charge in [0.15, 0.2) is 0 Å². The van der Waals surface area contributed by atoms with Gasteiger partial charge in [-0.25, -0.2) is 0 Å². The minimum Gasteiger partial charge on any atom is -0.311 e. The van der Waals surface area contributed by atoms with Crippen LogP contribution in [0.5, 0.6) is 0 Å². The zero-order valence-electron chi connectivity index (χ0n) is 23.7. The third-order valence-corrected chi connectivity index (χ3v) is 8.02. The molecule has 1 nitrogen and oxygen atoms in total. The fourth-order valence-corrected chi connectivity index (χ4v) is 5.36. The highest BCUT2D eigenvalue weighted by Crippen LogP contribution is 2.37. The van der Waals surface area contributed by atoms with E-state index in [0.29, 0.717) is 5.92 Å². The summed E-state index contributed by atoms with van der Waals surface area (Å²) in [5.41, 5.74) is 12.1. The molecule has 0 saturated heterocycles. The minimum absolute atomic E-state index is 0.585. The highest BCUT2D eigenvalue weighted by molar-refractivity contribution is 5.81. The number of rotatable bonds is 8. The van der Waals surface area contributed by atoms with E-state index in [2.05, 4.69) is 176 Å². The van der Waals surface area contributed by atoms with Gasteiger partial charge in [0.25, 0.3) is 0 Å². The van der Waals surface area contributed by atoms with Crippen molar-refractivity contribution >= 4 is 17.1 Å². The Labute approximate surface area is 244 Å². The van der Waals surface area contributed by atoms with Crippen LogP contribution in [0.2, 0.25) is 0 Å². The summed E-state index contributed by atoms with van der Waals surface area (Å²) in [4.78, 5) is 2.33. The smallest absolute Gasteiger partial charge is 0.0462 e. The first kappa shape index (κ1) is 26.3. The molecule has 0 N–H and O–H groups in total. The molecule has 0 aromatic heterocycles. The van der Waals surface area contributed by atoms with Gasteiger partial charge in [-0.15, -0.1) is 0 Å². The van der Waals surface area contributed by atoms with Crippen LogP contribution in [-0.2, 0) is 0 Å². The molecule has 6 aromatic rings. The molecule has 6 aromatic carbocycles. The summed E-state index contributed by atoms with van der Waals surface area (Å²) in [7, 11) is 0. The molecule has 0 spiro atoms. The number of hydrogen-bond acceptors (Lipinski definition) is 1. The fourth-order valence-electron chi connectivity index (χ4n) is 5.36. The Balaban J connectivity index is 1.35. The molecule has 0 heterocycles. The van der Waals surface area contributed by atoms with Crippen molar-refractivity contribution in [1.82, 2.24) is 0 Å². The molecule has 6 rings (SSSR count). The van der Waals surface area contributed by atoms with E-state index in [-0.39, 0.29) is 0 Å². The summed E-state index contributed by atoms with van der Waals surface area (Å²) in [5.74, 6) is 0.585. The summed E-state index contributed by atoms with van der Waals surface area (Å²) >= 11 is 0. The highest BCUT2D eigenvalue weighted by atomic mass is 15.1. The third kappa shape index (κ3) is 5.85. The maximum absolute atomic E-state index is 2.33. The quantitative estimate of drug-likeness (QED) is 0.189. The van der Waals surface area contributed by atoms with Gasteiger partial charge in [0.05, 0.1) is 0 Å². The molecule has 0 amide bonds. The SMILES string of the molecule is CCC(C)c1ccc(-c2ccc(N(c3ccc(-c4ccccc4)cc3)c3ccc(-c4ccccc4)cc3)cc2)cc1. The summed E-state index contributed by atoms with van der Waals surface area (Å²) in [6.07, 6.45) is 1.16. The Morgan fingerprint density at radius 1 is 0.390 bits per heavy atom. The molecule has 0 fully saturated rings. The van der Waals surface area contributed by atoms with Crippen molar-refractivity contribution in [3.63, 3.8) is 0 Å². The molecule has 0 bridgehead atoms. The van der Waals surface area contributed by atoms with E-state index in [1.165, 1.54) is 38.9 Å². The maximum Gasteiger partial charge on any atom is 0.0462 e. The highest BCUT2D eigenvalue weighted by Gasteiger charge is 2.14. The standard InChI is InChI=1S/C40H35N/c1-3-30(2)31-14-16-34(17-15-31)37-22-28-40(29-23-37)41(38-24-18-35(19-25-38)32-10-6-4-7-11-32)39-26-20-36(21-27-39)33-12-8-5-9-13-33/h4-30H,3H2,1-2H3. The van der Waals surface area contributed by atoms with E-state index in [0.717, 1.165) is 23.5 Å². The molecule has 41 heavy (non-hydrogen) atoms. The second-order valence-electron chi connectivity index (χ2n) is 10.6. The van der Waals surface area contributed by atoms with Gasteiger partial charge >= 0.3 is 0 Å². The van der Waals surface area contributed by atoms with Crippen LogP contribution in [0.1, 0.15) is 31.7 Å². The van der Waals surface area contributed by atoms with Gasteiger partial charge in [-0.2, -0.15) is 0 Å². The first-order valence-corrected chi connectivity index (χ1v) is 14.5. The van der Waals surface area contributed by atoms with Gasteiger partial charge in [-0.05, 0) is 87.7 Å². The summed E-state index contributed by atoms with van der Waals surface area (Å²) < 4.78 is 0. The molecule has 1 unspecified atom stereocenters. The van der Waals surface area contributed by atoms with E-state index < -0.39 is 0 Å². The second-order valence-corrected chi connectivity index (χ2v) is 10.6. The van der Waals surface area contributed by atoms with E-state index in [4.69, 9.17) is 0 Å². The first-order chi connectivity index (χ1) is 20.2. The van der Waals surface area contributed by atoms with Crippen LogP contribution in [0.3, 0.4) is 0 Å². The minimum atomic E-state index is 0.585. The van der Waals surface area contributed by atoms with Gasteiger partial charge < -0.3 is 4.90 Å². The predicted octanol–water partition coefficient (Wildman–Crippen LogP) is 11.7. The van der Waals surface area contributed by atoms with E-state index >= 15 is 0 Å². The fraction of sp³-hybridized carbons (Fsp3) is 0.100. The van der Waals surface area contributed by atoms with Gasteiger partial charge in [-0.1, -0.05) is 135 Å². The molecule has 1 atom stereocenters. The summed E-state index contributed by atoms with van der Waals surface area (Å²) in [6, 6.07) is 56.8. The van der Waals surface area contributed by atoms with Crippen molar-refractivity contribution < 1.29 is 0 Å². The van der Waals surface area contributed by atoms with Crippen LogP contribution in [0, 0.1) is 0 Å². The van der Waals surface area contributed by atoms with Gasteiger partial charge in [-0.3, -0.25) is 0 Å². The zero-order chi connectivity index (χ0) is 28.0. The molecular formula is C40H35N. The summed E-state index contributed by atoms with van der Waals surface area (Å²) in [5, 5.41) is 0. The van der Waals surface area contributed by atoms with Crippen LogP contribution < -0.4 is 4.90 Å². The second kappa shape index (κ2) is 12.1. The van der Waals surface area contributed by atoms with Crippen molar-refractivity contribution in [2.75, 3.05) is 4.90 Å². The van der Waals surface area contributed by atoms with Gasteiger partial charge in [0, 0.05) is 17.1 Å². The lowest BCUT2D eigenvalue weighted by molar-refractivity contribution is 0.734. The van der Waals surface area contributed by atoms with Crippen LogP contribution in [0.4, 0.5) is 17.1 Å². The lowest BCUT2D eigenvalue weighted by Gasteiger charge is -2.26. The summed E-state index contributed by atoms with van der Waals surface area (Å²) in [6.45, 7) is 4.53. The molecular weight excluding hydrogens is 494 g/mol. The Morgan fingerprint density at radius 2 is 0.683 bits per heavy atom. The largest absolute Gasteiger partial charge is 0.311 e. The number of nitrogens with zero attached hydrogens (tertiary/aromatic N) is 1. The lowest BCUT2D eigenvalue weighted by Crippen LogP contribution is -2.09. The number of benzene rings is 6. The molecule has 1 heteroatoms. The Morgan fingerprint density at radius 3 is 1.00 bits per heavy atom. The van der Waals surface area contributed by atoms with Crippen LogP contribution >= 0.6 is 0 Å². The van der Waals surface area contributed by atoms with Crippen molar-refractivity contribution in [3.8, 4) is 33.4 Å². The number of anilines is 3. The Kier molecular flexibility index (Phi) is 7.78. The maximum atomic E-state index is 2.33. The zero-order valence-corrected chi connectivity index (χ0v) is 23.7.